The van der Waals surface area contributed by atoms with Gasteiger partial charge in [0.2, 0.25) is 0 Å². The molecular formula is C22H19NO3. The van der Waals surface area contributed by atoms with Gasteiger partial charge in [0.1, 0.15) is 11.1 Å². The van der Waals surface area contributed by atoms with Gasteiger partial charge in [-0.05, 0) is 23.8 Å². The van der Waals surface area contributed by atoms with Crippen LogP contribution in [0.2, 0.25) is 0 Å². The van der Waals surface area contributed by atoms with Gasteiger partial charge in [0.15, 0.2) is 5.78 Å². The Hall–Kier alpha value is -3.14. The molecule has 4 nitrogen and oxygen atoms in total. The van der Waals surface area contributed by atoms with Crippen molar-refractivity contribution < 1.29 is 9.21 Å². The van der Waals surface area contributed by atoms with Crippen molar-refractivity contribution in [3.63, 3.8) is 0 Å². The monoisotopic (exact) mass is 345 g/mol. The van der Waals surface area contributed by atoms with Crippen molar-refractivity contribution in [1.82, 2.24) is 0 Å². The van der Waals surface area contributed by atoms with Crippen LogP contribution in [0.25, 0.3) is 11.0 Å². The molecular weight excluding hydrogens is 326 g/mol. The summed E-state index contributed by atoms with van der Waals surface area (Å²) in [4.78, 5) is 27.2. The fourth-order valence-corrected chi connectivity index (χ4v) is 3.69. The summed E-state index contributed by atoms with van der Waals surface area (Å²) >= 11 is 0. The minimum atomic E-state index is -0.610. The number of allylic oxidation sites excluding steroid dienone is 2. The molecule has 1 aliphatic heterocycles. The number of hydrogen-bond donors (Lipinski definition) is 0. The standard InChI is InChI=1S/C22H19NO3/c1-22(2)16-9-5-6-10-17(16)23(3)20(22)13-18(24)15-12-14-8-4-7-11-19(14)26-21(15)25/h4-13H,1-3H3/b20-13+. The van der Waals surface area contributed by atoms with Crippen LogP contribution in [0.5, 0.6) is 0 Å². The molecule has 4 rings (SSSR count). The second-order valence-electron chi connectivity index (χ2n) is 7.08. The van der Waals surface area contributed by atoms with Crippen molar-refractivity contribution in [3.05, 3.63) is 87.9 Å². The van der Waals surface area contributed by atoms with Crippen LogP contribution in [0.1, 0.15) is 29.8 Å². The van der Waals surface area contributed by atoms with E-state index in [1.807, 2.05) is 42.3 Å². The fraction of sp³-hybridized carbons (Fsp3) is 0.182. The summed E-state index contributed by atoms with van der Waals surface area (Å²) < 4.78 is 5.30. The highest BCUT2D eigenvalue weighted by Crippen LogP contribution is 2.46. The van der Waals surface area contributed by atoms with E-state index in [0.29, 0.717) is 5.58 Å². The topological polar surface area (TPSA) is 50.5 Å². The summed E-state index contributed by atoms with van der Waals surface area (Å²) in [7, 11) is 1.94. The number of carbonyl (C=O) groups excluding carboxylic acids is 1. The quantitative estimate of drug-likeness (QED) is 0.395. The largest absolute Gasteiger partial charge is 0.422 e. The van der Waals surface area contributed by atoms with Crippen molar-refractivity contribution in [2.45, 2.75) is 19.3 Å². The molecule has 1 aromatic heterocycles. The van der Waals surface area contributed by atoms with Gasteiger partial charge in [-0.25, -0.2) is 4.79 Å². The summed E-state index contributed by atoms with van der Waals surface area (Å²) in [5.74, 6) is -0.341. The first-order valence-corrected chi connectivity index (χ1v) is 8.52. The third-order valence-corrected chi connectivity index (χ3v) is 5.12. The van der Waals surface area contributed by atoms with Gasteiger partial charge in [-0.2, -0.15) is 0 Å². The van der Waals surface area contributed by atoms with E-state index in [2.05, 4.69) is 19.9 Å². The molecule has 2 aromatic carbocycles. The molecule has 1 aliphatic rings. The van der Waals surface area contributed by atoms with Gasteiger partial charge in [-0.15, -0.1) is 0 Å². The lowest BCUT2D eigenvalue weighted by molar-refractivity contribution is 0.104. The molecule has 0 spiro atoms. The molecule has 0 amide bonds. The first kappa shape index (κ1) is 16.3. The van der Waals surface area contributed by atoms with E-state index in [-0.39, 0.29) is 16.8 Å². The first-order valence-electron chi connectivity index (χ1n) is 8.52. The highest BCUT2D eigenvalue weighted by Gasteiger charge is 2.38. The van der Waals surface area contributed by atoms with Crippen molar-refractivity contribution >= 4 is 22.4 Å². The van der Waals surface area contributed by atoms with Gasteiger partial charge < -0.3 is 9.32 Å². The number of carbonyl (C=O) groups is 1. The highest BCUT2D eigenvalue weighted by molar-refractivity contribution is 6.06. The van der Waals surface area contributed by atoms with Crippen LogP contribution in [0, 0.1) is 0 Å². The van der Waals surface area contributed by atoms with Crippen LogP contribution in [0.4, 0.5) is 5.69 Å². The van der Waals surface area contributed by atoms with E-state index in [4.69, 9.17) is 4.42 Å². The van der Waals surface area contributed by atoms with Crippen LogP contribution in [0.3, 0.4) is 0 Å². The molecule has 26 heavy (non-hydrogen) atoms. The zero-order chi connectivity index (χ0) is 18.5. The van der Waals surface area contributed by atoms with E-state index in [9.17, 15) is 9.59 Å². The second kappa shape index (κ2) is 5.70. The number of likely N-dealkylation sites (N-methyl/N-ethyl adjacent to an activating group) is 1. The number of anilines is 1. The molecule has 3 aromatic rings. The summed E-state index contributed by atoms with van der Waals surface area (Å²) in [5.41, 5.74) is 2.69. The minimum absolute atomic E-state index is 0.0522. The molecule has 0 bridgehead atoms. The fourth-order valence-electron chi connectivity index (χ4n) is 3.69. The van der Waals surface area contributed by atoms with Gasteiger partial charge >= 0.3 is 5.63 Å². The number of hydrogen-bond acceptors (Lipinski definition) is 4. The number of nitrogens with zero attached hydrogens (tertiary/aromatic N) is 1. The SMILES string of the molecule is CN1/C(=C/C(=O)c2cc3ccccc3oc2=O)C(C)(C)c2ccccc21. The van der Waals surface area contributed by atoms with E-state index < -0.39 is 5.63 Å². The van der Waals surface area contributed by atoms with Crippen molar-refractivity contribution in [2.24, 2.45) is 0 Å². The van der Waals surface area contributed by atoms with Crippen LogP contribution in [-0.4, -0.2) is 12.8 Å². The van der Waals surface area contributed by atoms with Crippen molar-refractivity contribution in [1.29, 1.82) is 0 Å². The molecule has 130 valence electrons. The predicted octanol–water partition coefficient (Wildman–Crippen LogP) is 4.29. The van der Waals surface area contributed by atoms with E-state index >= 15 is 0 Å². The van der Waals surface area contributed by atoms with Gasteiger partial charge in [0, 0.05) is 35.3 Å². The van der Waals surface area contributed by atoms with Crippen LogP contribution in [-0.2, 0) is 5.41 Å². The predicted molar refractivity (Wildman–Crippen MR) is 103 cm³/mol. The maximum atomic E-state index is 12.9. The molecule has 0 N–H and O–H groups in total. The maximum Gasteiger partial charge on any atom is 0.347 e. The average Bonchev–Trinajstić information content (AvgIpc) is 2.82. The van der Waals surface area contributed by atoms with Crippen LogP contribution < -0.4 is 10.5 Å². The molecule has 0 aliphatic carbocycles. The Morgan fingerprint density at radius 2 is 1.77 bits per heavy atom. The Morgan fingerprint density at radius 3 is 2.54 bits per heavy atom. The lowest BCUT2D eigenvalue weighted by Gasteiger charge is -2.23. The molecule has 4 heteroatoms. The van der Waals surface area contributed by atoms with Gasteiger partial charge in [-0.1, -0.05) is 50.2 Å². The summed E-state index contributed by atoms with van der Waals surface area (Å²) in [6.45, 7) is 4.16. The number of para-hydroxylation sites is 2. The number of benzene rings is 2. The van der Waals surface area contributed by atoms with E-state index in [1.54, 1.807) is 24.3 Å². The lowest BCUT2D eigenvalue weighted by atomic mass is 9.83. The number of ketones is 1. The number of fused-ring (bicyclic) bond motifs is 2. The summed E-state index contributed by atoms with van der Waals surface area (Å²) in [6, 6.07) is 16.9. The van der Waals surface area contributed by atoms with Crippen LogP contribution >= 0.6 is 0 Å². The third-order valence-electron chi connectivity index (χ3n) is 5.12. The van der Waals surface area contributed by atoms with E-state index in [0.717, 1.165) is 22.3 Å². The highest BCUT2D eigenvalue weighted by atomic mass is 16.4. The Balaban J connectivity index is 1.81. The maximum absolute atomic E-state index is 12.9. The Morgan fingerprint density at radius 1 is 1.08 bits per heavy atom. The summed E-state index contributed by atoms with van der Waals surface area (Å²) in [5, 5.41) is 0.733. The van der Waals surface area contributed by atoms with Crippen LogP contribution in [0.15, 0.2) is 75.6 Å². The van der Waals surface area contributed by atoms with Crippen molar-refractivity contribution in [2.75, 3.05) is 11.9 Å². The minimum Gasteiger partial charge on any atom is -0.422 e. The zero-order valence-corrected chi connectivity index (χ0v) is 14.9. The zero-order valence-electron chi connectivity index (χ0n) is 14.9. The average molecular weight is 345 g/mol. The first-order chi connectivity index (χ1) is 12.4. The molecule has 0 saturated carbocycles. The van der Waals surface area contributed by atoms with Gasteiger partial charge in [0.25, 0.3) is 0 Å². The normalized spacial score (nSPS) is 16.9. The van der Waals surface area contributed by atoms with Gasteiger partial charge in [0.05, 0.1) is 0 Å². The second-order valence-corrected chi connectivity index (χ2v) is 7.08. The Labute approximate surface area is 151 Å². The lowest BCUT2D eigenvalue weighted by Crippen LogP contribution is -2.25. The molecule has 0 atom stereocenters. The molecule has 2 heterocycles. The van der Waals surface area contributed by atoms with E-state index in [1.165, 1.54) is 0 Å². The molecule has 0 radical (unpaired) electrons. The third kappa shape index (κ3) is 2.37. The smallest absolute Gasteiger partial charge is 0.347 e. The molecule has 0 saturated heterocycles. The molecule has 0 unspecified atom stereocenters. The van der Waals surface area contributed by atoms with Crippen molar-refractivity contribution in [3.8, 4) is 0 Å². The summed E-state index contributed by atoms with van der Waals surface area (Å²) in [6.07, 6.45) is 1.56. The molecule has 0 fully saturated rings. The number of rotatable bonds is 2. The Kier molecular flexibility index (Phi) is 3.58. The van der Waals surface area contributed by atoms with Gasteiger partial charge in [-0.3, -0.25) is 4.79 Å². The Bertz CT molecular complexity index is 1120.